The van der Waals surface area contributed by atoms with Crippen molar-refractivity contribution in [2.24, 2.45) is 0 Å². The molecule has 16 heavy (non-hydrogen) atoms. The lowest BCUT2D eigenvalue weighted by Gasteiger charge is -2.14. The summed E-state index contributed by atoms with van der Waals surface area (Å²) in [6.07, 6.45) is 2.58. The number of nitrogens with one attached hydrogen (secondary N) is 2. The van der Waals surface area contributed by atoms with Crippen LogP contribution in [-0.4, -0.2) is 37.6 Å². The lowest BCUT2D eigenvalue weighted by atomic mass is 10.1. The summed E-state index contributed by atoms with van der Waals surface area (Å²) < 4.78 is 4.51. The van der Waals surface area contributed by atoms with Crippen molar-refractivity contribution >= 4 is 24.3 Å². The van der Waals surface area contributed by atoms with Gasteiger partial charge in [0.15, 0.2) is 0 Å². The molecular weight excluding hydrogens is 232 g/mol. The fourth-order valence-electron chi connectivity index (χ4n) is 1.69. The molecule has 0 bridgehead atoms. The number of hydrogen-bond acceptors (Lipinski definition) is 4. The molecule has 1 rings (SSSR count). The van der Waals surface area contributed by atoms with Gasteiger partial charge in [-0.3, -0.25) is 4.79 Å². The molecule has 1 aliphatic heterocycles. The zero-order chi connectivity index (χ0) is 11.3. The van der Waals surface area contributed by atoms with Crippen molar-refractivity contribution in [3.63, 3.8) is 0 Å². The molecule has 0 spiro atoms. The van der Waals surface area contributed by atoms with Gasteiger partial charge >= 0.3 is 5.97 Å². The summed E-state index contributed by atoms with van der Waals surface area (Å²) >= 11 is 0. The summed E-state index contributed by atoms with van der Waals surface area (Å²) in [5, 5.41) is 5.83. The molecule has 0 aromatic carbocycles. The molecule has 5 nitrogen and oxygen atoms in total. The van der Waals surface area contributed by atoms with Gasteiger partial charge in [0.1, 0.15) is 6.04 Å². The second-order valence-corrected chi connectivity index (χ2v) is 3.81. The van der Waals surface area contributed by atoms with E-state index in [2.05, 4.69) is 15.4 Å². The van der Waals surface area contributed by atoms with Crippen LogP contribution in [-0.2, 0) is 14.3 Å². The quantitative estimate of drug-likeness (QED) is 0.701. The van der Waals surface area contributed by atoms with Crippen LogP contribution in [0.2, 0.25) is 0 Å². The maximum absolute atomic E-state index is 11.5. The highest BCUT2D eigenvalue weighted by Crippen LogP contribution is 2.08. The molecule has 6 heteroatoms. The van der Waals surface area contributed by atoms with Gasteiger partial charge in [0.25, 0.3) is 0 Å². The topological polar surface area (TPSA) is 67.4 Å². The number of halogens is 1. The van der Waals surface area contributed by atoms with E-state index in [9.17, 15) is 9.59 Å². The Morgan fingerprint density at radius 1 is 1.56 bits per heavy atom. The lowest BCUT2D eigenvalue weighted by molar-refractivity contribution is -0.144. The van der Waals surface area contributed by atoms with Gasteiger partial charge in [0.05, 0.1) is 7.11 Å². The van der Waals surface area contributed by atoms with Crippen molar-refractivity contribution in [2.45, 2.75) is 38.3 Å². The molecule has 0 aromatic heterocycles. The number of ether oxygens (including phenoxy) is 1. The Morgan fingerprint density at radius 2 is 2.25 bits per heavy atom. The largest absolute Gasteiger partial charge is 0.467 e. The van der Waals surface area contributed by atoms with Crippen LogP contribution >= 0.6 is 12.4 Å². The Balaban J connectivity index is 0.00000225. The molecule has 0 radical (unpaired) electrons. The first-order valence-corrected chi connectivity index (χ1v) is 5.24. The van der Waals surface area contributed by atoms with E-state index in [1.54, 1.807) is 6.92 Å². The highest BCUT2D eigenvalue weighted by molar-refractivity contribution is 5.85. The predicted octanol–water partition coefficient (Wildman–Crippen LogP) is 0.228. The van der Waals surface area contributed by atoms with Gasteiger partial charge in [-0.2, -0.15) is 0 Å². The van der Waals surface area contributed by atoms with E-state index >= 15 is 0 Å². The smallest absolute Gasteiger partial charge is 0.328 e. The van der Waals surface area contributed by atoms with Gasteiger partial charge in [-0.05, 0) is 26.3 Å². The molecule has 2 N–H and O–H groups in total. The molecule has 1 unspecified atom stereocenters. The van der Waals surface area contributed by atoms with Gasteiger partial charge in [-0.1, -0.05) is 0 Å². The SMILES string of the molecule is COC(=O)[C@H](C)NC(=O)CC1CCCN1.Cl. The van der Waals surface area contributed by atoms with Crippen molar-refractivity contribution in [3.8, 4) is 0 Å². The van der Waals surface area contributed by atoms with E-state index in [0.29, 0.717) is 6.42 Å². The van der Waals surface area contributed by atoms with E-state index in [1.165, 1.54) is 7.11 Å². The molecule has 1 fully saturated rings. The van der Waals surface area contributed by atoms with E-state index in [0.717, 1.165) is 19.4 Å². The highest BCUT2D eigenvalue weighted by Gasteiger charge is 2.20. The van der Waals surface area contributed by atoms with Gasteiger partial charge in [0.2, 0.25) is 5.91 Å². The van der Waals surface area contributed by atoms with Gasteiger partial charge in [-0.15, -0.1) is 12.4 Å². The number of amides is 1. The number of carbonyl (C=O) groups excluding carboxylic acids is 2. The van der Waals surface area contributed by atoms with Crippen molar-refractivity contribution < 1.29 is 14.3 Å². The molecule has 0 aromatic rings. The number of methoxy groups -OCH3 is 1. The van der Waals surface area contributed by atoms with Crippen molar-refractivity contribution in [2.75, 3.05) is 13.7 Å². The van der Waals surface area contributed by atoms with Crippen LogP contribution in [0.5, 0.6) is 0 Å². The van der Waals surface area contributed by atoms with Crippen molar-refractivity contribution in [3.05, 3.63) is 0 Å². The third-order valence-corrected chi connectivity index (χ3v) is 2.53. The standard InChI is InChI=1S/C10H18N2O3.ClH/c1-7(10(14)15-2)12-9(13)6-8-4-3-5-11-8;/h7-8,11H,3-6H2,1-2H3,(H,12,13);1H/t7-,8?;/m0./s1. The minimum Gasteiger partial charge on any atom is -0.467 e. The number of esters is 1. The second-order valence-electron chi connectivity index (χ2n) is 3.81. The van der Waals surface area contributed by atoms with Crippen LogP contribution in [0.25, 0.3) is 0 Å². The van der Waals surface area contributed by atoms with E-state index in [-0.39, 0.29) is 24.4 Å². The molecule has 0 aliphatic carbocycles. The maximum atomic E-state index is 11.5. The number of rotatable bonds is 4. The van der Waals surface area contributed by atoms with Crippen LogP contribution in [0.3, 0.4) is 0 Å². The first kappa shape index (κ1) is 15.2. The first-order chi connectivity index (χ1) is 7.13. The summed E-state index contributed by atoms with van der Waals surface area (Å²) in [5.74, 6) is -0.518. The maximum Gasteiger partial charge on any atom is 0.328 e. The van der Waals surface area contributed by atoms with Crippen LogP contribution in [0.1, 0.15) is 26.2 Å². The van der Waals surface area contributed by atoms with Crippen molar-refractivity contribution in [1.29, 1.82) is 0 Å². The zero-order valence-corrected chi connectivity index (χ0v) is 10.4. The van der Waals surface area contributed by atoms with E-state index in [4.69, 9.17) is 0 Å². The molecule has 0 saturated carbocycles. The summed E-state index contributed by atoms with van der Waals surface area (Å²) in [7, 11) is 1.31. The van der Waals surface area contributed by atoms with Crippen molar-refractivity contribution in [1.82, 2.24) is 10.6 Å². The number of carbonyl (C=O) groups is 2. The summed E-state index contributed by atoms with van der Waals surface area (Å²) in [6.45, 7) is 2.59. The van der Waals surface area contributed by atoms with Gasteiger partial charge in [0, 0.05) is 12.5 Å². The zero-order valence-electron chi connectivity index (χ0n) is 9.62. The molecule has 1 amide bonds. The van der Waals surface area contributed by atoms with E-state index < -0.39 is 12.0 Å². The monoisotopic (exact) mass is 250 g/mol. The fourth-order valence-corrected chi connectivity index (χ4v) is 1.69. The molecule has 2 atom stereocenters. The van der Waals surface area contributed by atoms with Crippen LogP contribution < -0.4 is 10.6 Å². The first-order valence-electron chi connectivity index (χ1n) is 5.24. The molecule has 1 saturated heterocycles. The summed E-state index contributed by atoms with van der Waals surface area (Å²) in [6, 6.07) is -0.307. The molecule has 94 valence electrons. The third kappa shape index (κ3) is 4.81. The average molecular weight is 251 g/mol. The normalized spacial score (nSPS) is 20.8. The van der Waals surface area contributed by atoms with Crippen LogP contribution in [0.4, 0.5) is 0 Å². The Bertz CT molecular complexity index is 242. The average Bonchev–Trinajstić information content (AvgIpc) is 2.68. The highest BCUT2D eigenvalue weighted by atomic mass is 35.5. The minimum atomic E-state index is -0.566. The Hall–Kier alpha value is -0.810. The molecule has 1 heterocycles. The predicted molar refractivity (Wildman–Crippen MR) is 62.5 cm³/mol. The van der Waals surface area contributed by atoms with Gasteiger partial charge < -0.3 is 15.4 Å². The van der Waals surface area contributed by atoms with Crippen LogP contribution in [0.15, 0.2) is 0 Å². The van der Waals surface area contributed by atoms with E-state index in [1.807, 2.05) is 0 Å². The van der Waals surface area contributed by atoms with Crippen LogP contribution in [0, 0.1) is 0 Å². The summed E-state index contributed by atoms with van der Waals surface area (Å²) in [5.41, 5.74) is 0. The van der Waals surface area contributed by atoms with Gasteiger partial charge in [-0.25, -0.2) is 4.79 Å². The minimum absolute atomic E-state index is 0. The number of hydrogen-bond donors (Lipinski definition) is 2. The third-order valence-electron chi connectivity index (χ3n) is 2.53. The fraction of sp³-hybridized carbons (Fsp3) is 0.800. The lowest BCUT2D eigenvalue weighted by Crippen LogP contribution is -2.41. The Morgan fingerprint density at radius 3 is 2.75 bits per heavy atom. The molecular formula is C10H19ClN2O3. The summed E-state index contributed by atoms with van der Waals surface area (Å²) in [4.78, 5) is 22.5. The molecule has 1 aliphatic rings. The Labute approximate surface area is 102 Å². The Kier molecular flexibility index (Phi) is 7.08. The second kappa shape index (κ2) is 7.46.